The van der Waals surface area contributed by atoms with E-state index in [4.69, 9.17) is 15.7 Å². The van der Waals surface area contributed by atoms with Crippen LogP contribution in [0.1, 0.15) is 56.0 Å². The number of anilines is 1. The Bertz CT molecular complexity index is 1230. The number of amides is 1. The molecule has 4 aromatic rings. The van der Waals surface area contributed by atoms with Crippen molar-refractivity contribution in [3.8, 4) is 5.69 Å². The lowest BCUT2D eigenvalue weighted by Gasteiger charge is -2.12. The summed E-state index contributed by atoms with van der Waals surface area (Å²) in [5.41, 5.74) is 11.7. The molecule has 0 saturated heterocycles. The molecule has 6 heteroatoms. The standard InChI is InChI=1S/C25H29N5O/c1-4-6-9-17-12-14-18(15-13-17)30-23(26)21(25(31)27-16(3)5-2)22-24(30)29-20-11-8-7-10-19(20)28-22/h7-8,10-16H,4-6,9,26H2,1-3H3,(H,27,31). The van der Waals surface area contributed by atoms with Gasteiger partial charge >= 0.3 is 0 Å². The van der Waals surface area contributed by atoms with Crippen molar-refractivity contribution in [2.24, 2.45) is 0 Å². The molecule has 0 radical (unpaired) electrons. The van der Waals surface area contributed by atoms with Gasteiger partial charge in [-0.15, -0.1) is 0 Å². The zero-order valence-electron chi connectivity index (χ0n) is 18.4. The van der Waals surface area contributed by atoms with E-state index < -0.39 is 0 Å². The van der Waals surface area contributed by atoms with Crippen LogP contribution in [0, 0.1) is 0 Å². The van der Waals surface area contributed by atoms with Crippen molar-refractivity contribution in [2.75, 3.05) is 5.73 Å². The molecule has 31 heavy (non-hydrogen) atoms. The van der Waals surface area contributed by atoms with E-state index in [2.05, 4.69) is 24.4 Å². The van der Waals surface area contributed by atoms with E-state index in [0.29, 0.717) is 22.5 Å². The summed E-state index contributed by atoms with van der Waals surface area (Å²) in [6.07, 6.45) is 4.20. The number of fused-ring (bicyclic) bond motifs is 2. The quantitative estimate of drug-likeness (QED) is 0.443. The van der Waals surface area contributed by atoms with Gasteiger partial charge in [0.1, 0.15) is 16.9 Å². The summed E-state index contributed by atoms with van der Waals surface area (Å²) >= 11 is 0. The van der Waals surface area contributed by atoms with E-state index in [1.165, 1.54) is 5.56 Å². The van der Waals surface area contributed by atoms with E-state index in [1.54, 1.807) is 0 Å². The van der Waals surface area contributed by atoms with Crippen molar-refractivity contribution >= 4 is 33.9 Å². The molecule has 1 atom stereocenters. The largest absolute Gasteiger partial charge is 0.384 e. The van der Waals surface area contributed by atoms with Gasteiger partial charge in [-0.1, -0.05) is 44.5 Å². The number of rotatable bonds is 7. The molecule has 1 unspecified atom stereocenters. The highest BCUT2D eigenvalue weighted by molar-refractivity contribution is 6.11. The van der Waals surface area contributed by atoms with E-state index in [-0.39, 0.29) is 11.9 Å². The zero-order chi connectivity index (χ0) is 22.0. The highest BCUT2D eigenvalue weighted by atomic mass is 16.1. The molecule has 1 amide bonds. The first-order valence-corrected chi connectivity index (χ1v) is 11.0. The second-order valence-corrected chi connectivity index (χ2v) is 8.03. The third-order valence-corrected chi connectivity index (χ3v) is 5.73. The molecular weight excluding hydrogens is 386 g/mol. The summed E-state index contributed by atoms with van der Waals surface area (Å²) in [4.78, 5) is 22.7. The Morgan fingerprint density at radius 3 is 2.39 bits per heavy atom. The van der Waals surface area contributed by atoms with Crippen LogP contribution in [-0.4, -0.2) is 26.5 Å². The van der Waals surface area contributed by atoms with Gasteiger partial charge in [0.15, 0.2) is 5.65 Å². The van der Waals surface area contributed by atoms with Crippen molar-refractivity contribution in [3.63, 3.8) is 0 Å². The average molecular weight is 416 g/mol. The van der Waals surface area contributed by atoms with Crippen molar-refractivity contribution < 1.29 is 4.79 Å². The maximum Gasteiger partial charge on any atom is 0.257 e. The molecule has 4 rings (SSSR count). The molecule has 2 heterocycles. The fourth-order valence-corrected chi connectivity index (χ4v) is 3.74. The maximum absolute atomic E-state index is 13.1. The van der Waals surface area contributed by atoms with Gasteiger partial charge in [0, 0.05) is 11.7 Å². The van der Waals surface area contributed by atoms with Gasteiger partial charge in [0.25, 0.3) is 5.91 Å². The monoisotopic (exact) mass is 415 g/mol. The number of benzene rings is 2. The molecule has 160 valence electrons. The van der Waals surface area contributed by atoms with Crippen LogP contribution in [0.5, 0.6) is 0 Å². The Balaban J connectivity index is 1.90. The number of nitrogen functional groups attached to an aromatic ring is 1. The lowest BCUT2D eigenvalue weighted by atomic mass is 10.1. The Morgan fingerprint density at radius 2 is 1.74 bits per heavy atom. The van der Waals surface area contributed by atoms with Crippen LogP contribution in [0.2, 0.25) is 0 Å². The molecule has 0 aliphatic heterocycles. The number of nitrogens with zero attached hydrogens (tertiary/aromatic N) is 3. The summed E-state index contributed by atoms with van der Waals surface area (Å²) < 4.78 is 1.84. The van der Waals surface area contributed by atoms with Crippen molar-refractivity contribution in [1.29, 1.82) is 0 Å². The summed E-state index contributed by atoms with van der Waals surface area (Å²) in [5.74, 6) is 0.132. The number of aryl methyl sites for hydroxylation is 1. The van der Waals surface area contributed by atoms with Crippen LogP contribution in [0.15, 0.2) is 48.5 Å². The molecule has 0 saturated carbocycles. The smallest absolute Gasteiger partial charge is 0.257 e. The van der Waals surface area contributed by atoms with Gasteiger partial charge in [-0.25, -0.2) is 9.97 Å². The fourth-order valence-electron chi connectivity index (χ4n) is 3.74. The predicted octanol–water partition coefficient (Wildman–Crippen LogP) is 5.03. The second kappa shape index (κ2) is 8.76. The summed E-state index contributed by atoms with van der Waals surface area (Å²) in [5, 5.41) is 3.02. The number of carbonyl (C=O) groups is 1. The maximum atomic E-state index is 13.1. The highest BCUT2D eigenvalue weighted by Gasteiger charge is 2.25. The van der Waals surface area contributed by atoms with E-state index in [0.717, 1.165) is 42.4 Å². The summed E-state index contributed by atoms with van der Waals surface area (Å²) in [7, 11) is 0. The molecule has 0 spiro atoms. The number of aromatic nitrogens is 3. The van der Waals surface area contributed by atoms with Crippen LogP contribution in [0.25, 0.3) is 27.9 Å². The van der Waals surface area contributed by atoms with E-state index in [9.17, 15) is 4.79 Å². The van der Waals surface area contributed by atoms with Gasteiger partial charge in [-0.05, 0) is 56.0 Å². The number of para-hydroxylation sites is 2. The van der Waals surface area contributed by atoms with Gasteiger partial charge in [0.2, 0.25) is 0 Å². The topological polar surface area (TPSA) is 85.8 Å². The van der Waals surface area contributed by atoms with Crippen molar-refractivity contribution in [2.45, 2.75) is 52.5 Å². The Labute approximate surface area is 182 Å². The number of nitrogens with one attached hydrogen (secondary N) is 1. The van der Waals surface area contributed by atoms with Crippen LogP contribution < -0.4 is 11.1 Å². The van der Waals surface area contributed by atoms with Gasteiger partial charge in [-0.2, -0.15) is 0 Å². The minimum atomic E-state index is -0.222. The summed E-state index contributed by atoms with van der Waals surface area (Å²) in [6.45, 7) is 6.20. The van der Waals surface area contributed by atoms with Crippen molar-refractivity contribution in [1.82, 2.24) is 19.9 Å². The Hall–Kier alpha value is -3.41. The lowest BCUT2D eigenvalue weighted by molar-refractivity contribution is 0.0941. The van der Waals surface area contributed by atoms with Gasteiger partial charge < -0.3 is 11.1 Å². The van der Waals surface area contributed by atoms with E-state index >= 15 is 0 Å². The lowest BCUT2D eigenvalue weighted by Crippen LogP contribution is -2.32. The second-order valence-electron chi connectivity index (χ2n) is 8.03. The average Bonchev–Trinajstić information content (AvgIpc) is 3.07. The van der Waals surface area contributed by atoms with E-state index in [1.807, 2.05) is 54.8 Å². The van der Waals surface area contributed by atoms with Crippen LogP contribution in [0.3, 0.4) is 0 Å². The molecule has 2 aromatic heterocycles. The molecule has 0 aliphatic rings. The predicted molar refractivity (Wildman–Crippen MR) is 127 cm³/mol. The zero-order valence-corrected chi connectivity index (χ0v) is 18.4. The number of carbonyl (C=O) groups excluding carboxylic acids is 1. The highest BCUT2D eigenvalue weighted by Crippen LogP contribution is 2.31. The van der Waals surface area contributed by atoms with Gasteiger partial charge in [-0.3, -0.25) is 9.36 Å². The van der Waals surface area contributed by atoms with Crippen LogP contribution in [-0.2, 0) is 6.42 Å². The molecular formula is C25H29N5O. The third-order valence-electron chi connectivity index (χ3n) is 5.73. The third kappa shape index (κ3) is 3.98. The molecule has 3 N–H and O–H groups in total. The Kier molecular flexibility index (Phi) is 5.89. The van der Waals surface area contributed by atoms with Crippen LogP contribution in [0.4, 0.5) is 5.82 Å². The first kappa shape index (κ1) is 20.8. The molecule has 0 fully saturated rings. The number of hydrogen-bond acceptors (Lipinski definition) is 4. The molecule has 2 aromatic carbocycles. The number of nitrogens with two attached hydrogens (primary N) is 1. The normalized spacial score (nSPS) is 12.4. The minimum Gasteiger partial charge on any atom is -0.384 e. The molecule has 6 nitrogen and oxygen atoms in total. The first-order valence-electron chi connectivity index (χ1n) is 11.0. The number of hydrogen-bond donors (Lipinski definition) is 2. The Morgan fingerprint density at radius 1 is 1.06 bits per heavy atom. The molecule has 0 aliphatic carbocycles. The molecule has 0 bridgehead atoms. The number of unbranched alkanes of at least 4 members (excludes halogenated alkanes) is 1. The van der Waals surface area contributed by atoms with Crippen LogP contribution >= 0.6 is 0 Å². The summed E-state index contributed by atoms with van der Waals surface area (Å²) in [6, 6.07) is 16.0. The fraction of sp³-hybridized carbons (Fsp3) is 0.320. The minimum absolute atomic E-state index is 0.0385. The SMILES string of the molecule is CCCCc1ccc(-n2c(N)c(C(=O)NC(C)CC)c3nc4ccccc4nc32)cc1. The van der Waals surface area contributed by atoms with Gasteiger partial charge in [0.05, 0.1) is 11.0 Å². The van der Waals surface area contributed by atoms with Crippen molar-refractivity contribution in [3.05, 3.63) is 59.7 Å². The first-order chi connectivity index (χ1) is 15.0.